The molecular formula is C24H42N4O5. The molecule has 0 unspecified atom stereocenters. The molecule has 0 aromatic carbocycles. The van der Waals surface area contributed by atoms with Crippen molar-refractivity contribution in [3.8, 4) is 0 Å². The molecule has 1 atom stereocenters. The third-order valence-electron chi connectivity index (χ3n) is 5.54. The van der Waals surface area contributed by atoms with Crippen molar-refractivity contribution >= 4 is 5.91 Å². The summed E-state index contributed by atoms with van der Waals surface area (Å²) >= 11 is 0. The minimum atomic E-state index is 0.0145. The van der Waals surface area contributed by atoms with E-state index < -0.39 is 0 Å². The minimum Gasteiger partial charge on any atom is -0.379 e. The fourth-order valence-corrected chi connectivity index (χ4v) is 3.78. The molecule has 2 heterocycles. The quantitative estimate of drug-likeness (QED) is 0.294. The molecular weight excluding hydrogens is 424 g/mol. The van der Waals surface area contributed by atoms with Gasteiger partial charge in [-0.05, 0) is 50.4 Å². The number of nitrogens with zero attached hydrogens (tertiary/aromatic N) is 2. The summed E-state index contributed by atoms with van der Waals surface area (Å²) in [6, 6.07) is 2.75. The first-order valence-corrected chi connectivity index (χ1v) is 12.1. The number of amides is 1. The van der Waals surface area contributed by atoms with Crippen LogP contribution in [0.4, 0.5) is 0 Å². The van der Waals surface area contributed by atoms with Gasteiger partial charge in [0.15, 0.2) is 0 Å². The van der Waals surface area contributed by atoms with Crippen molar-refractivity contribution in [2.75, 3.05) is 79.5 Å². The zero-order valence-corrected chi connectivity index (χ0v) is 20.1. The van der Waals surface area contributed by atoms with Gasteiger partial charge in [0.1, 0.15) is 0 Å². The molecule has 1 saturated heterocycles. The van der Waals surface area contributed by atoms with Crippen LogP contribution in [-0.4, -0.2) is 95.3 Å². The molecule has 9 heteroatoms. The number of aryl methyl sites for hydroxylation is 1. The largest absolute Gasteiger partial charge is 0.379 e. The lowest BCUT2D eigenvalue weighted by atomic mass is 10.0. The van der Waals surface area contributed by atoms with Crippen LogP contribution in [0, 0.1) is 0 Å². The van der Waals surface area contributed by atoms with Crippen molar-refractivity contribution in [3.63, 3.8) is 0 Å². The molecule has 0 radical (unpaired) electrons. The molecule has 0 aliphatic carbocycles. The van der Waals surface area contributed by atoms with E-state index in [1.54, 1.807) is 0 Å². The van der Waals surface area contributed by atoms with E-state index >= 15 is 0 Å². The fourth-order valence-electron chi connectivity index (χ4n) is 3.78. The zero-order chi connectivity index (χ0) is 23.6. The lowest BCUT2D eigenvalue weighted by Crippen LogP contribution is -2.26. The van der Waals surface area contributed by atoms with Gasteiger partial charge in [0.05, 0.1) is 52.9 Å². The number of nitrogens with two attached hydrogens (primary N) is 1. The molecule has 1 fully saturated rings. The lowest BCUT2D eigenvalue weighted by molar-refractivity contribution is -0.122. The predicted molar refractivity (Wildman–Crippen MR) is 127 cm³/mol. The maximum Gasteiger partial charge on any atom is 0.222 e. The summed E-state index contributed by atoms with van der Waals surface area (Å²) in [5.74, 6) is 0.0145. The van der Waals surface area contributed by atoms with Crippen LogP contribution in [-0.2, 0) is 30.2 Å². The van der Waals surface area contributed by atoms with E-state index in [-0.39, 0.29) is 5.91 Å². The van der Waals surface area contributed by atoms with Crippen molar-refractivity contribution in [1.82, 2.24) is 15.2 Å². The van der Waals surface area contributed by atoms with E-state index in [0.717, 1.165) is 19.4 Å². The highest BCUT2D eigenvalue weighted by Gasteiger charge is 2.22. The molecule has 1 amide bonds. The second-order valence-corrected chi connectivity index (χ2v) is 8.21. The number of aromatic nitrogens is 1. The number of pyridine rings is 1. The molecule has 3 N–H and O–H groups in total. The highest BCUT2D eigenvalue weighted by Crippen LogP contribution is 2.30. The minimum absolute atomic E-state index is 0.0145. The highest BCUT2D eigenvalue weighted by molar-refractivity contribution is 5.75. The second-order valence-electron chi connectivity index (χ2n) is 8.21. The van der Waals surface area contributed by atoms with Crippen LogP contribution in [0.1, 0.15) is 42.9 Å². The number of ether oxygens (including phenoxy) is 4. The number of rotatable bonds is 19. The van der Waals surface area contributed by atoms with Gasteiger partial charge in [0.25, 0.3) is 0 Å². The monoisotopic (exact) mass is 466 g/mol. The Hall–Kier alpha value is -1.62. The van der Waals surface area contributed by atoms with Crippen LogP contribution >= 0.6 is 0 Å². The Bertz CT molecular complexity index is 649. The van der Waals surface area contributed by atoms with Crippen LogP contribution in [0.3, 0.4) is 0 Å². The van der Waals surface area contributed by atoms with Gasteiger partial charge in [-0.25, -0.2) is 0 Å². The topological polar surface area (TPSA) is 108 Å². The van der Waals surface area contributed by atoms with Gasteiger partial charge in [0.2, 0.25) is 5.91 Å². The highest BCUT2D eigenvalue weighted by atomic mass is 16.6. The van der Waals surface area contributed by atoms with E-state index in [9.17, 15) is 4.79 Å². The number of carbonyl (C=O) groups is 1. The maximum absolute atomic E-state index is 11.9. The number of likely N-dealkylation sites (tertiary alicyclic amines) is 1. The number of hydrogen-bond acceptors (Lipinski definition) is 8. The average Bonchev–Trinajstić information content (AvgIpc) is 3.26. The molecule has 1 aromatic heterocycles. The number of hydrogen-bond donors (Lipinski definition) is 2. The fraction of sp³-hybridized carbons (Fsp3) is 0.750. The smallest absolute Gasteiger partial charge is 0.222 e. The Kier molecular flexibility index (Phi) is 14.9. The van der Waals surface area contributed by atoms with Crippen LogP contribution in [0.15, 0.2) is 18.5 Å². The van der Waals surface area contributed by atoms with Crippen LogP contribution in [0.5, 0.6) is 0 Å². The Balaban J connectivity index is 1.40. The van der Waals surface area contributed by atoms with Gasteiger partial charge in [-0.1, -0.05) is 6.07 Å². The molecule has 2 rings (SSSR count). The summed E-state index contributed by atoms with van der Waals surface area (Å²) in [6.07, 6.45) is 8.53. The normalized spacial score (nSPS) is 16.4. The standard InChI is InChI=1S/C24H42N4O5/c1-28-9-3-5-23(28)22-18-21(19-26-20-22)4-2-8-27-24(29)6-10-30-12-14-32-16-17-33-15-13-31-11-7-25/h18-20,23H,2-17,25H2,1H3,(H,27,29)/t23-/m0/s1. The molecule has 1 aromatic rings. The second kappa shape index (κ2) is 17.8. The first-order chi connectivity index (χ1) is 16.2. The number of nitrogens with one attached hydrogen (secondary N) is 1. The van der Waals surface area contributed by atoms with Crippen molar-refractivity contribution < 1.29 is 23.7 Å². The number of carbonyl (C=O) groups excluding carboxylic acids is 1. The Morgan fingerprint density at radius 3 is 2.36 bits per heavy atom. The molecule has 33 heavy (non-hydrogen) atoms. The van der Waals surface area contributed by atoms with Gasteiger partial charge in [0, 0.05) is 37.9 Å². The molecule has 9 nitrogen and oxygen atoms in total. The molecule has 0 saturated carbocycles. The SMILES string of the molecule is CN1CCC[C@H]1c1cncc(CCCNC(=O)CCOCCOCCOCCOCCN)c1. The predicted octanol–water partition coefficient (Wildman–Crippen LogP) is 1.31. The maximum atomic E-state index is 11.9. The van der Waals surface area contributed by atoms with Crippen molar-refractivity contribution in [2.24, 2.45) is 5.73 Å². The Morgan fingerprint density at radius 2 is 1.73 bits per heavy atom. The summed E-state index contributed by atoms with van der Waals surface area (Å²) in [5.41, 5.74) is 7.86. The van der Waals surface area contributed by atoms with Gasteiger partial charge in [-0.15, -0.1) is 0 Å². The first kappa shape index (κ1) is 27.6. The Labute approximate surface area is 198 Å². The van der Waals surface area contributed by atoms with Gasteiger partial charge < -0.3 is 30.0 Å². The molecule has 0 spiro atoms. The van der Waals surface area contributed by atoms with E-state index in [1.807, 2.05) is 12.4 Å². The third kappa shape index (κ3) is 12.4. The van der Waals surface area contributed by atoms with E-state index in [2.05, 4.69) is 28.3 Å². The summed E-state index contributed by atoms with van der Waals surface area (Å²) in [7, 11) is 2.18. The summed E-state index contributed by atoms with van der Waals surface area (Å²) < 4.78 is 21.4. The third-order valence-corrected chi connectivity index (χ3v) is 5.54. The molecule has 0 bridgehead atoms. The zero-order valence-electron chi connectivity index (χ0n) is 20.1. The van der Waals surface area contributed by atoms with E-state index in [4.69, 9.17) is 24.7 Å². The average molecular weight is 467 g/mol. The lowest BCUT2D eigenvalue weighted by Gasteiger charge is -2.19. The molecule has 1 aliphatic rings. The van der Waals surface area contributed by atoms with Crippen LogP contribution in [0.2, 0.25) is 0 Å². The van der Waals surface area contributed by atoms with Crippen molar-refractivity contribution in [3.05, 3.63) is 29.6 Å². The van der Waals surface area contributed by atoms with Gasteiger partial charge in [-0.3, -0.25) is 14.7 Å². The van der Waals surface area contributed by atoms with Crippen LogP contribution < -0.4 is 11.1 Å². The van der Waals surface area contributed by atoms with Crippen molar-refractivity contribution in [2.45, 2.75) is 38.1 Å². The van der Waals surface area contributed by atoms with Crippen molar-refractivity contribution in [1.29, 1.82) is 0 Å². The molecule has 1 aliphatic heterocycles. The Morgan fingerprint density at radius 1 is 1.06 bits per heavy atom. The summed E-state index contributed by atoms with van der Waals surface area (Å²) in [6.45, 7) is 6.35. The van der Waals surface area contributed by atoms with Gasteiger partial charge in [-0.2, -0.15) is 0 Å². The van der Waals surface area contributed by atoms with Crippen LogP contribution in [0.25, 0.3) is 0 Å². The van der Waals surface area contributed by atoms with E-state index in [1.165, 1.54) is 24.0 Å². The summed E-state index contributed by atoms with van der Waals surface area (Å²) in [5, 5.41) is 2.96. The molecule has 188 valence electrons. The van der Waals surface area contributed by atoms with E-state index in [0.29, 0.717) is 78.4 Å². The summed E-state index contributed by atoms with van der Waals surface area (Å²) in [4.78, 5) is 18.8. The van der Waals surface area contributed by atoms with Gasteiger partial charge >= 0.3 is 0 Å². The first-order valence-electron chi connectivity index (χ1n) is 12.1.